The molecule has 0 saturated carbocycles. The fourth-order valence-corrected chi connectivity index (χ4v) is 2.83. The number of rotatable bonds is 18. The zero-order valence-corrected chi connectivity index (χ0v) is 18.9. The first-order chi connectivity index (χ1) is 12.3. The van der Waals surface area contributed by atoms with Crippen molar-refractivity contribution in [2.75, 3.05) is 26.4 Å². The van der Waals surface area contributed by atoms with Gasteiger partial charge in [0.15, 0.2) is 0 Å². The Hall–Kier alpha value is -0.120. The molecule has 0 aliphatic rings. The molecule has 0 aliphatic carbocycles. The van der Waals surface area contributed by atoms with Crippen molar-refractivity contribution in [3.63, 3.8) is 0 Å². The second kappa shape index (κ2) is 15.9. The molecule has 0 aromatic carbocycles. The molecule has 3 heteroatoms. The van der Waals surface area contributed by atoms with Gasteiger partial charge in [0.25, 0.3) is 0 Å². The third kappa shape index (κ3) is 15.0. The van der Waals surface area contributed by atoms with Crippen LogP contribution in [-0.4, -0.2) is 38.1 Å². The molecule has 0 aliphatic heterocycles. The van der Waals surface area contributed by atoms with Crippen LogP contribution in [0.15, 0.2) is 0 Å². The van der Waals surface area contributed by atoms with Crippen molar-refractivity contribution in [2.45, 2.75) is 112 Å². The highest BCUT2D eigenvalue weighted by atomic mass is 16.5. The van der Waals surface area contributed by atoms with Crippen LogP contribution in [0.2, 0.25) is 0 Å². The Kier molecular flexibility index (Phi) is 15.8. The molecule has 0 heterocycles. The highest BCUT2D eigenvalue weighted by Gasteiger charge is 2.28. The van der Waals surface area contributed by atoms with Gasteiger partial charge >= 0.3 is 0 Å². The van der Waals surface area contributed by atoms with Crippen molar-refractivity contribution >= 4 is 0 Å². The Bertz CT molecular complexity index is 304. The first-order valence-corrected chi connectivity index (χ1v) is 11.1. The van der Waals surface area contributed by atoms with Crippen LogP contribution in [0.25, 0.3) is 0 Å². The molecule has 0 bridgehead atoms. The van der Waals surface area contributed by atoms with Crippen molar-refractivity contribution < 1.29 is 14.2 Å². The van der Waals surface area contributed by atoms with Gasteiger partial charge in [-0.25, -0.2) is 0 Å². The summed E-state index contributed by atoms with van der Waals surface area (Å²) >= 11 is 0. The Morgan fingerprint density at radius 3 is 1.81 bits per heavy atom. The van der Waals surface area contributed by atoms with E-state index in [1.54, 1.807) is 0 Å². The fraction of sp³-hybridized carbons (Fsp3) is 1.00. The molecule has 26 heavy (non-hydrogen) atoms. The Balaban J connectivity index is 4.17. The number of hydrogen-bond acceptors (Lipinski definition) is 3. The lowest BCUT2D eigenvalue weighted by molar-refractivity contribution is -0.118. The minimum absolute atomic E-state index is 0.162. The summed E-state index contributed by atoms with van der Waals surface area (Å²) in [4.78, 5) is 0. The summed E-state index contributed by atoms with van der Waals surface area (Å²) in [6.07, 6.45) is 9.55. The van der Waals surface area contributed by atoms with Crippen LogP contribution in [0.4, 0.5) is 0 Å². The summed E-state index contributed by atoms with van der Waals surface area (Å²) in [5, 5.41) is 0. The van der Waals surface area contributed by atoms with Crippen LogP contribution in [0.1, 0.15) is 99.8 Å². The summed E-state index contributed by atoms with van der Waals surface area (Å²) < 4.78 is 18.2. The quantitative estimate of drug-likeness (QED) is 0.252. The molecule has 2 atom stereocenters. The molecule has 0 N–H and O–H groups in total. The molecule has 3 nitrogen and oxygen atoms in total. The van der Waals surface area contributed by atoms with Crippen molar-refractivity contribution in [3.8, 4) is 0 Å². The van der Waals surface area contributed by atoms with Crippen LogP contribution < -0.4 is 0 Å². The maximum absolute atomic E-state index is 6.43. The summed E-state index contributed by atoms with van der Waals surface area (Å²) in [7, 11) is 0. The largest absolute Gasteiger partial charge is 0.381 e. The zero-order chi connectivity index (χ0) is 19.8. The normalized spacial score (nSPS) is 15.6. The third-order valence-corrected chi connectivity index (χ3v) is 5.17. The smallest absolute Gasteiger partial charge is 0.0702 e. The van der Waals surface area contributed by atoms with Crippen LogP contribution in [0, 0.1) is 11.8 Å². The van der Waals surface area contributed by atoms with E-state index in [4.69, 9.17) is 14.2 Å². The Morgan fingerprint density at radius 2 is 1.31 bits per heavy atom. The van der Waals surface area contributed by atoms with Crippen molar-refractivity contribution in [3.05, 3.63) is 0 Å². The van der Waals surface area contributed by atoms with E-state index in [1.807, 2.05) is 0 Å². The predicted molar refractivity (Wildman–Crippen MR) is 113 cm³/mol. The Morgan fingerprint density at radius 1 is 0.731 bits per heavy atom. The van der Waals surface area contributed by atoms with Gasteiger partial charge in [-0.3, -0.25) is 0 Å². The van der Waals surface area contributed by atoms with Gasteiger partial charge in [0.05, 0.1) is 11.7 Å². The fourth-order valence-electron chi connectivity index (χ4n) is 2.83. The van der Waals surface area contributed by atoms with Gasteiger partial charge in [-0.2, -0.15) is 0 Å². The lowest BCUT2D eigenvalue weighted by Crippen LogP contribution is -2.37. The predicted octanol–water partition coefficient (Wildman–Crippen LogP) is 6.64. The first-order valence-electron chi connectivity index (χ1n) is 11.1. The molecule has 0 saturated heterocycles. The van der Waals surface area contributed by atoms with E-state index in [0.717, 1.165) is 51.6 Å². The summed E-state index contributed by atoms with van der Waals surface area (Å²) in [5.74, 6) is 1.28. The molecular formula is C23H48O3. The van der Waals surface area contributed by atoms with Crippen molar-refractivity contribution in [1.82, 2.24) is 0 Å². The molecule has 0 fully saturated rings. The van der Waals surface area contributed by atoms with E-state index < -0.39 is 0 Å². The maximum Gasteiger partial charge on any atom is 0.0702 e. The van der Waals surface area contributed by atoms with E-state index in [0.29, 0.717) is 5.92 Å². The average molecular weight is 373 g/mol. The number of ether oxygens (including phenoxy) is 3. The standard InChI is InChI=1S/C23H48O3/c1-8-9-10-11-16-24-18-14-23(7,26-22(6)21(4)5)15-19-25-17-12-13-20(2)3/h20-22H,8-19H2,1-7H3. The van der Waals surface area contributed by atoms with Gasteiger partial charge in [0, 0.05) is 26.4 Å². The van der Waals surface area contributed by atoms with Gasteiger partial charge in [0.2, 0.25) is 0 Å². The van der Waals surface area contributed by atoms with Crippen LogP contribution >= 0.6 is 0 Å². The third-order valence-electron chi connectivity index (χ3n) is 5.17. The van der Waals surface area contributed by atoms with Gasteiger partial charge in [0.1, 0.15) is 0 Å². The van der Waals surface area contributed by atoms with E-state index >= 15 is 0 Å². The van der Waals surface area contributed by atoms with Gasteiger partial charge in [-0.05, 0) is 57.8 Å². The second-order valence-corrected chi connectivity index (χ2v) is 8.84. The molecule has 0 radical (unpaired) electrons. The zero-order valence-electron chi connectivity index (χ0n) is 18.9. The van der Waals surface area contributed by atoms with E-state index in [2.05, 4.69) is 48.5 Å². The van der Waals surface area contributed by atoms with Gasteiger partial charge in [-0.15, -0.1) is 0 Å². The lowest BCUT2D eigenvalue weighted by atomic mass is 9.97. The maximum atomic E-state index is 6.43. The van der Waals surface area contributed by atoms with Crippen LogP contribution in [0.3, 0.4) is 0 Å². The highest BCUT2D eigenvalue weighted by molar-refractivity contribution is 4.77. The molecule has 2 unspecified atom stereocenters. The summed E-state index contributed by atoms with van der Waals surface area (Å²) in [6.45, 7) is 18.9. The number of hydrogen-bond donors (Lipinski definition) is 0. The molecule has 158 valence electrons. The minimum Gasteiger partial charge on any atom is -0.381 e. The Labute approximate surface area is 164 Å². The molecule has 0 aromatic heterocycles. The summed E-state index contributed by atoms with van der Waals surface area (Å²) in [6, 6.07) is 0. The van der Waals surface area contributed by atoms with Crippen LogP contribution in [0.5, 0.6) is 0 Å². The molecular weight excluding hydrogens is 324 g/mol. The highest BCUT2D eigenvalue weighted by Crippen LogP contribution is 2.25. The molecule has 0 spiro atoms. The average Bonchev–Trinajstić information content (AvgIpc) is 2.57. The summed E-state index contributed by atoms with van der Waals surface area (Å²) in [5.41, 5.74) is -0.162. The number of unbranched alkanes of at least 4 members (excludes halogenated alkanes) is 3. The van der Waals surface area contributed by atoms with Gasteiger partial charge < -0.3 is 14.2 Å². The lowest BCUT2D eigenvalue weighted by Gasteiger charge is -2.34. The van der Waals surface area contributed by atoms with Crippen molar-refractivity contribution in [1.29, 1.82) is 0 Å². The second-order valence-electron chi connectivity index (χ2n) is 8.84. The molecule has 0 amide bonds. The molecule has 0 aromatic rings. The first kappa shape index (κ1) is 25.9. The monoisotopic (exact) mass is 372 g/mol. The van der Waals surface area contributed by atoms with Crippen molar-refractivity contribution in [2.24, 2.45) is 11.8 Å². The van der Waals surface area contributed by atoms with E-state index in [1.165, 1.54) is 32.1 Å². The molecule has 0 rings (SSSR count). The van der Waals surface area contributed by atoms with Crippen LogP contribution in [-0.2, 0) is 14.2 Å². The minimum atomic E-state index is -0.162. The van der Waals surface area contributed by atoms with Gasteiger partial charge in [-0.1, -0.05) is 53.9 Å². The van der Waals surface area contributed by atoms with E-state index in [-0.39, 0.29) is 11.7 Å². The topological polar surface area (TPSA) is 27.7 Å². The van der Waals surface area contributed by atoms with E-state index in [9.17, 15) is 0 Å². The SMILES string of the molecule is CCCCCCOCCC(C)(CCOCCCC(C)C)OC(C)C(C)C.